The number of pyridine rings is 2. The minimum atomic E-state index is -0.362. The molecule has 0 spiro atoms. The van der Waals surface area contributed by atoms with Crippen molar-refractivity contribution < 1.29 is 9.51 Å². The lowest BCUT2D eigenvalue weighted by Gasteiger charge is -2.10. The third kappa shape index (κ3) is 3.97. The second kappa shape index (κ2) is 8.81. The van der Waals surface area contributed by atoms with Gasteiger partial charge in [-0.2, -0.15) is 4.68 Å². The number of aromatic nitrogens is 6. The number of H-pyrrole nitrogens is 1. The van der Waals surface area contributed by atoms with Crippen LogP contribution in [0.4, 0.5) is 5.95 Å². The third-order valence-electron chi connectivity index (χ3n) is 5.43. The Morgan fingerprint density at radius 3 is 2.59 bits per heavy atom. The van der Waals surface area contributed by atoms with Crippen LogP contribution in [0.15, 0.2) is 70.1 Å². The van der Waals surface area contributed by atoms with Gasteiger partial charge in [0.2, 0.25) is 5.65 Å². The molecule has 0 saturated carbocycles. The lowest BCUT2D eigenvalue weighted by atomic mass is 9.99. The fourth-order valence-electron chi connectivity index (χ4n) is 3.96. The van der Waals surface area contributed by atoms with Crippen molar-refractivity contribution in [3.63, 3.8) is 0 Å². The van der Waals surface area contributed by atoms with Crippen LogP contribution >= 0.6 is 15.9 Å². The molecule has 0 saturated heterocycles. The zero-order chi connectivity index (χ0) is 23.8. The highest BCUT2D eigenvalue weighted by atomic mass is 79.9. The predicted molar refractivity (Wildman–Crippen MR) is 131 cm³/mol. The summed E-state index contributed by atoms with van der Waals surface area (Å²) in [5.41, 5.74) is 11.3. The van der Waals surface area contributed by atoms with Crippen molar-refractivity contribution in [2.45, 2.75) is 20.1 Å². The van der Waals surface area contributed by atoms with E-state index < -0.39 is 0 Å². The Morgan fingerprint density at radius 2 is 1.88 bits per heavy atom. The second-order valence-corrected chi connectivity index (χ2v) is 8.75. The molecule has 0 aliphatic carbocycles. The quantitative estimate of drug-likeness (QED) is 0.307. The maximum Gasteiger partial charge on any atom is 0.428 e. The number of nitrogens with one attached hydrogen (secondary N) is 1. The number of anilines is 1. The molecule has 0 radical (unpaired) electrons. The van der Waals surface area contributed by atoms with Crippen molar-refractivity contribution in [2.24, 2.45) is 0 Å². The van der Waals surface area contributed by atoms with Gasteiger partial charge < -0.3 is 10.8 Å². The van der Waals surface area contributed by atoms with E-state index in [4.69, 9.17) is 5.73 Å². The topological polar surface area (TPSA) is 127 Å². The molecule has 170 valence electrons. The maximum atomic E-state index is 13.3. The van der Waals surface area contributed by atoms with E-state index in [0.29, 0.717) is 28.3 Å². The first kappa shape index (κ1) is 21.9. The lowest BCUT2D eigenvalue weighted by molar-refractivity contribution is -0.516. The van der Waals surface area contributed by atoms with Gasteiger partial charge in [0.25, 0.3) is 0 Å². The standard InChI is InChI=1S/C24H20BrN7O2/c1-14-9-16(10-19(13-33)28-14)20-21(15-5-3-2-4-6-15)29-23(26)32-22(20)30-31(24(32)34)12-18-8-7-17(25)11-27-18/h2-11,33H,12-13H2,1H3,(H2,26,28,29,30)/p+1. The number of hydrogen-bond donors (Lipinski definition) is 3. The van der Waals surface area contributed by atoms with E-state index in [0.717, 1.165) is 21.3 Å². The van der Waals surface area contributed by atoms with Crippen molar-refractivity contribution in [3.05, 3.63) is 92.8 Å². The van der Waals surface area contributed by atoms with Crippen LogP contribution < -0.4 is 15.8 Å². The van der Waals surface area contributed by atoms with Gasteiger partial charge in [0.05, 0.1) is 23.6 Å². The summed E-state index contributed by atoms with van der Waals surface area (Å²) < 4.78 is 3.66. The van der Waals surface area contributed by atoms with Crippen molar-refractivity contribution in [1.29, 1.82) is 0 Å². The number of halogens is 1. The van der Waals surface area contributed by atoms with E-state index in [1.54, 1.807) is 12.3 Å². The largest absolute Gasteiger partial charge is 0.428 e. The number of aliphatic hydroxyl groups excluding tert-OH is 1. The zero-order valence-electron chi connectivity index (χ0n) is 18.2. The van der Waals surface area contributed by atoms with Crippen LogP contribution in [0.5, 0.6) is 0 Å². The Hall–Kier alpha value is -3.89. The van der Waals surface area contributed by atoms with Gasteiger partial charge >= 0.3 is 11.6 Å². The maximum absolute atomic E-state index is 13.3. The molecule has 0 aliphatic heterocycles. The molecule has 0 unspecified atom stereocenters. The van der Waals surface area contributed by atoms with Gasteiger partial charge in [-0.15, -0.1) is 9.38 Å². The number of rotatable bonds is 5. The first-order valence-corrected chi connectivity index (χ1v) is 11.3. The Bertz CT molecular complexity index is 1560. The number of benzene rings is 1. The molecule has 34 heavy (non-hydrogen) atoms. The fourth-order valence-corrected chi connectivity index (χ4v) is 4.20. The molecule has 10 heteroatoms. The van der Waals surface area contributed by atoms with E-state index in [-0.39, 0.29) is 24.8 Å². The van der Waals surface area contributed by atoms with E-state index in [2.05, 4.69) is 36.0 Å². The van der Waals surface area contributed by atoms with Crippen molar-refractivity contribution in [2.75, 3.05) is 5.73 Å². The highest BCUT2D eigenvalue weighted by Gasteiger charge is 2.26. The van der Waals surface area contributed by atoms with Crippen LogP contribution in [-0.2, 0) is 13.2 Å². The third-order valence-corrected chi connectivity index (χ3v) is 5.90. The number of hydrogen-bond acceptors (Lipinski definition) is 6. The molecule has 0 fully saturated rings. The molecule has 5 rings (SSSR count). The highest BCUT2D eigenvalue weighted by molar-refractivity contribution is 9.10. The van der Waals surface area contributed by atoms with E-state index in [1.807, 2.05) is 55.5 Å². The van der Waals surface area contributed by atoms with Crippen LogP contribution in [-0.4, -0.2) is 29.8 Å². The van der Waals surface area contributed by atoms with Crippen molar-refractivity contribution in [1.82, 2.24) is 24.7 Å². The van der Waals surface area contributed by atoms with Crippen molar-refractivity contribution >= 4 is 27.5 Å². The monoisotopic (exact) mass is 518 g/mol. The summed E-state index contributed by atoms with van der Waals surface area (Å²) in [5, 5.41) is 12.9. The van der Waals surface area contributed by atoms with Crippen LogP contribution in [0.2, 0.25) is 0 Å². The lowest BCUT2D eigenvalue weighted by Crippen LogP contribution is -2.44. The first-order valence-electron chi connectivity index (χ1n) is 10.5. The van der Waals surface area contributed by atoms with Crippen molar-refractivity contribution in [3.8, 4) is 22.4 Å². The average molecular weight is 519 g/mol. The molecule has 9 nitrogen and oxygen atoms in total. The number of fused-ring (bicyclic) bond motifs is 1. The molecular formula is C24H21BrN7O2+. The van der Waals surface area contributed by atoms with Gasteiger partial charge in [-0.3, -0.25) is 9.97 Å². The molecule has 1 aromatic carbocycles. The Labute approximate surface area is 202 Å². The van der Waals surface area contributed by atoms with Gasteiger partial charge in [0.15, 0.2) is 0 Å². The molecule has 4 heterocycles. The zero-order valence-corrected chi connectivity index (χ0v) is 19.8. The SMILES string of the molecule is Cc1cc(-c2c(-c3ccccc3)nc(N)[n+]3c(=O)n(Cc4ccc(Br)cn4)[nH]c23)cc(CO)n1. The van der Waals surface area contributed by atoms with E-state index in [1.165, 1.54) is 9.08 Å². The van der Waals surface area contributed by atoms with Crippen LogP contribution in [0.25, 0.3) is 28.0 Å². The summed E-state index contributed by atoms with van der Waals surface area (Å²) in [4.78, 5) is 26.7. The summed E-state index contributed by atoms with van der Waals surface area (Å²) in [7, 11) is 0. The minimum absolute atomic E-state index is 0.0644. The molecular weight excluding hydrogens is 498 g/mol. The predicted octanol–water partition coefficient (Wildman–Crippen LogP) is 2.63. The summed E-state index contributed by atoms with van der Waals surface area (Å²) in [5.74, 6) is 0.0644. The summed E-state index contributed by atoms with van der Waals surface area (Å²) in [6.07, 6.45) is 1.68. The van der Waals surface area contributed by atoms with Crippen LogP contribution in [0.1, 0.15) is 17.1 Å². The van der Waals surface area contributed by atoms with Gasteiger partial charge in [-0.1, -0.05) is 30.3 Å². The summed E-state index contributed by atoms with van der Waals surface area (Å²) >= 11 is 3.38. The Kier molecular flexibility index (Phi) is 5.68. The number of aryl methyl sites for hydroxylation is 1. The minimum Gasteiger partial charge on any atom is -0.390 e. The average Bonchev–Trinajstić information content (AvgIpc) is 3.16. The molecule has 5 aromatic rings. The van der Waals surface area contributed by atoms with Gasteiger partial charge in [-0.25, -0.2) is 9.89 Å². The van der Waals surface area contributed by atoms with Crippen LogP contribution in [0.3, 0.4) is 0 Å². The number of aliphatic hydroxyl groups is 1. The first-order chi connectivity index (χ1) is 16.4. The van der Waals surface area contributed by atoms with Crippen LogP contribution in [0, 0.1) is 6.92 Å². The Balaban J connectivity index is 1.81. The number of nitrogens with zero attached hydrogens (tertiary/aromatic N) is 5. The number of nitrogen functional groups attached to an aromatic ring is 1. The fraction of sp³-hybridized carbons (Fsp3) is 0.125. The van der Waals surface area contributed by atoms with E-state index in [9.17, 15) is 9.90 Å². The normalized spacial score (nSPS) is 11.3. The molecule has 0 bridgehead atoms. The molecule has 0 amide bonds. The molecule has 4 N–H and O–H groups in total. The summed E-state index contributed by atoms with van der Waals surface area (Å²) in [6, 6.07) is 17.0. The smallest absolute Gasteiger partial charge is 0.390 e. The second-order valence-electron chi connectivity index (χ2n) is 7.84. The molecule has 0 atom stereocenters. The van der Waals surface area contributed by atoms with E-state index >= 15 is 0 Å². The number of nitrogens with two attached hydrogens (primary N) is 1. The number of aromatic amines is 1. The highest BCUT2D eigenvalue weighted by Crippen LogP contribution is 2.33. The van der Waals surface area contributed by atoms with Gasteiger partial charge in [0, 0.05) is 21.9 Å². The van der Waals surface area contributed by atoms with Gasteiger partial charge in [0.1, 0.15) is 12.2 Å². The molecule has 0 aliphatic rings. The Morgan fingerprint density at radius 1 is 1.09 bits per heavy atom. The van der Waals surface area contributed by atoms with Gasteiger partial charge in [-0.05, 0) is 52.7 Å². The molecule has 4 aromatic heterocycles. The summed E-state index contributed by atoms with van der Waals surface area (Å²) in [6.45, 7) is 1.87.